The Hall–Kier alpha value is -3.98. The molecule has 1 atom stereocenters. The summed E-state index contributed by atoms with van der Waals surface area (Å²) in [7, 11) is 0. The molecule has 2 N–H and O–H groups in total. The van der Waals surface area contributed by atoms with Crippen molar-refractivity contribution >= 4 is 39.7 Å². The van der Waals surface area contributed by atoms with Crippen molar-refractivity contribution in [3.05, 3.63) is 89.5 Å². The SMILES string of the molecule is CC(=O)Nc1ccc(N2CCCC2c2csc(NC(=O)c3cccn3Cc3ccncc3)n2)cc1. The van der Waals surface area contributed by atoms with Crippen LogP contribution in [-0.4, -0.2) is 32.9 Å². The third-order valence-corrected chi connectivity index (χ3v) is 6.80. The Morgan fingerprint density at radius 2 is 1.89 bits per heavy atom. The van der Waals surface area contributed by atoms with Gasteiger partial charge in [0.1, 0.15) is 5.69 Å². The van der Waals surface area contributed by atoms with Crippen LogP contribution in [0.4, 0.5) is 16.5 Å². The van der Waals surface area contributed by atoms with E-state index in [1.165, 1.54) is 18.3 Å². The van der Waals surface area contributed by atoms with E-state index in [1.807, 2.05) is 64.7 Å². The molecule has 1 fully saturated rings. The first-order chi connectivity index (χ1) is 17.1. The lowest BCUT2D eigenvalue weighted by atomic mass is 10.1. The van der Waals surface area contributed by atoms with Gasteiger partial charge in [0.15, 0.2) is 5.13 Å². The molecule has 1 unspecified atom stereocenters. The lowest BCUT2D eigenvalue weighted by Gasteiger charge is -2.25. The standard InChI is InChI=1S/C26H26N6O2S/c1-18(33)28-20-6-8-21(9-7-20)32-15-3-4-23(32)22-17-35-26(29-22)30-25(34)24-5-2-14-31(24)16-19-10-12-27-13-11-19/h2,5-14,17,23H,3-4,15-16H2,1H3,(H,28,33)(H,29,30,34). The predicted octanol–water partition coefficient (Wildman–Crippen LogP) is 4.94. The summed E-state index contributed by atoms with van der Waals surface area (Å²) in [5, 5.41) is 8.39. The molecule has 0 saturated carbocycles. The molecule has 8 nitrogen and oxygen atoms in total. The smallest absolute Gasteiger partial charge is 0.274 e. The number of carbonyl (C=O) groups excluding carboxylic acids is 2. The summed E-state index contributed by atoms with van der Waals surface area (Å²) in [5.41, 5.74) is 4.49. The van der Waals surface area contributed by atoms with Crippen LogP contribution in [0, 0.1) is 0 Å². The summed E-state index contributed by atoms with van der Waals surface area (Å²) in [6.07, 6.45) is 7.47. The van der Waals surface area contributed by atoms with E-state index in [9.17, 15) is 9.59 Å². The van der Waals surface area contributed by atoms with E-state index in [4.69, 9.17) is 4.98 Å². The summed E-state index contributed by atoms with van der Waals surface area (Å²) >= 11 is 1.44. The number of hydrogen-bond donors (Lipinski definition) is 2. The van der Waals surface area contributed by atoms with Crippen molar-refractivity contribution in [2.45, 2.75) is 32.4 Å². The first-order valence-electron chi connectivity index (χ1n) is 11.5. The van der Waals surface area contributed by atoms with Crippen molar-refractivity contribution < 1.29 is 9.59 Å². The second kappa shape index (κ2) is 10.1. The fourth-order valence-corrected chi connectivity index (χ4v) is 5.18. The Kier molecular flexibility index (Phi) is 6.58. The second-order valence-corrected chi connectivity index (χ2v) is 9.35. The molecule has 0 aliphatic carbocycles. The molecule has 0 spiro atoms. The minimum Gasteiger partial charge on any atom is -0.363 e. The van der Waals surface area contributed by atoms with Gasteiger partial charge in [0, 0.05) is 55.4 Å². The fraction of sp³-hybridized carbons (Fsp3) is 0.231. The van der Waals surface area contributed by atoms with Gasteiger partial charge in [-0.2, -0.15) is 0 Å². The van der Waals surface area contributed by atoms with Gasteiger partial charge in [-0.15, -0.1) is 11.3 Å². The zero-order valence-electron chi connectivity index (χ0n) is 19.3. The number of hydrogen-bond acceptors (Lipinski definition) is 6. The monoisotopic (exact) mass is 486 g/mol. The van der Waals surface area contributed by atoms with Gasteiger partial charge in [-0.05, 0) is 66.9 Å². The van der Waals surface area contributed by atoms with Crippen LogP contribution in [0.3, 0.4) is 0 Å². The van der Waals surface area contributed by atoms with E-state index >= 15 is 0 Å². The topological polar surface area (TPSA) is 92.2 Å². The average molecular weight is 487 g/mol. The highest BCUT2D eigenvalue weighted by atomic mass is 32.1. The lowest BCUT2D eigenvalue weighted by Crippen LogP contribution is -2.23. The van der Waals surface area contributed by atoms with Gasteiger partial charge in [-0.3, -0.25) is 19.9 Å². The van der Waals surface area contributed by atoms with Crippen LogP contribution >= 0.6 is 11.3 Å². The summed E-state index contributed by atoms with van der Waals surface area (Å²) in [5.74, 6) is -0.264. The summed E-state index contributed by atoms with van der Waals surface area (Å²) in [6, 6.07) is 15.6. The highest BCUT2D eigenvalue weighted by molar-refractivity contribution is 7.14. The highest BCUT2D eigenvalue weighted by Gasteiger charge is 2.28. The zero-order valence-corrected chi connectivity index (χ0v) is 20.2. The number of aromatic nitrogens is 3. The molecule has 4 aromatic rings. The number of amides is 2. The van der Waals surface area contributed by atoms with Crippen LogP contribution in [0.25, 0.3) is 0 Å². The molecule has 9 heteroatoms. The number of nitrogens with one attached hydrogen (secondary N) is 2. The maximum absolute atomic E-state index is 13.0. The zero-order chi connectivity index (χ0) is 24.2. The number of thiazole rings is 1. The Bertz CT molecular complexity index is 1320. The number of rotatable bonds is 7. The maximum Gasteiger partial charge on any atom is 0.274 e. The third-order valence-electron chi connectivity index (χ3n) is 6.02. The molecule has 4 heterocycles. The molecule has 3 aromatic heterocycles. The van der Waals surface area contributed by atoms with Crippen LogP contribution in [0.15, 0.2) is 72.5 Å². The number of carbonyl (C=O) groups is 2. The first kappa shape index (κ1) is 22.8. The summed E-state index contributed by atoms with van der Waals surface area (Å²) in [4.78, 5) is 35.4. The third kappa shape index (κ3) is 5.25. The molecule has 0 bridgehead atoms. The van der Waals surface area contributed by atoms with Gasteiger partial charge < -0.3 is 14.8 Å². The normalized spacial score (nSPS) is 15.2. The fourth-order valence-electron chi connectivity index (χ4n) is 4.42. The van der Waals surface area contributed by atoms with Gasteiger partial charge in [-0.25, -0.2) is 4.98 Å². The van der Waals surface area contributed by atoms with Crippen molar-refractivity contribution in [3.8, 4) is 0 Å². The van der Waals surface area contributed by atoms with E-state index in [1.54, 1.807) is 12.4 Å². The second-order valence-electron chi connectivity index (χ2n) is 8.49. The Morgan fingerprint density at radius 3 is 2.66 bits per heavy atom. The molecule has 1 aliphatic rings. The Balaban J connectivity index is 1.27. The molecule has 1 aromatic carbocycles. The van der Waals surface area contributed by atoms with Gasteiger partial charge in [0.05, 0.1) is 11.7 Å². The number of benzene rings is 1. The molecule has 2 amide bonds. The van der Waals surface area contributed by atoms with Crippen LogP contribution in [0.2, 0.25) is 0 Å². The van der Waals surface area contributed by atoms with Gasteiger partial charge in [0.2, 0.25) is 5.91 Å². The minimum absolute atomic E-state index is 0.0847. The largest absolute Gasteiger partial charge is 0.363 e. The van der Waals surface area contributed by atoms with Crippen molar-refractivity contribution in [1.29, 1.82) is 0 Å². The van der Waals surface area contributed by atoms with Crippen molar-refractivity contribution in [2.75, 3.05) is 22.1 Å². The summed E-state index contributed by atoms with van der Waals surface area (Å²) < 4.78 is 1.92. The van der Waals surface area contributed by atoms with Crippen molar-refractivity contribution in [1.82, 2.24) is 14.5 Å². The van der Waals surface area contributed by atoms with E-state index < -0.39 is 0 Å². The van der Waals surface area contributed by atoms with Crippen molar-refractivity contribution in [3.63, 3.8) is 0 Å². The van der Waals surface area contributed by atoms with E-state index in [-0.39, 0.29) is 17.9 Å². The Labute approximate surface area is 207 Å². The van der Waals surface area contributed by atoms with Gasteiger partial charge >= 0.3 is 0 Å². The number of nitrogens with zero attached hydrogens (tertiary/aromatic N) is 4. The molecular weight excluding hydrogens is 460 g/mol. The van der Waals surface area contributed by atoms with Crippen LogP contribution < -0.4 is 15.5 Å². The minimum atomic E-state index is -0.179. The number of anilines is 3. The molecule has 35 heavy (non-hydrogen) atoms. The number of pyridine rings is 1. The van der Waals surface area contributed by atoms with E-state index in [2.05, 4.69) is 20.5 Å². The van der Waals surface area contributed by atoms with E-state index in [0.717, 1.165) is 42.0 Å². The summed E-state index contributed by atoms with van der Waals surface area (Å²) in [6.45, 7) is 3.03. The molecule has 1 aliphatic heterocycles. The van der Waals surface area contributed by atoms with E-state index in [0.29, 0.717) is 17.4 Å². The van der Waals surface area contributed by atoms with Gasteiger partial charge in [0.25, 0.3) is 5.91 Å². The lowest BCUT2D eigenvalue weighted by molar-refractivity contribution is -0.114. The molecule has 5 rings (SSSR count). The highest BCUT2D eigenvalue weighted by Crippen LogP contribution is 2.37. The quantitative estimate of drug-likeness (QED) is 0.386. The molecule has 1 saturated heterocycles. The maximum atomic E-state index is 13.0. The molecule has 0 radical (unpaired) electrons. The first-order valence-corrected chi connectivity index (χ1v) is 12.4. The van der Waals surface area contributed by atoms with Crippen LogP contribution in [0.5, 0.6) is 0 Å². The van der Waals surface area contributed by atoms with Crippen LogP contribution in [-0.2, 0) is 11.3 Å². The Morgan fingerprint density at radius 1 is 1.09 bits per heavy atom. The van der Waals surface area contributed by atoms with Gasteiger partial charge in [-0.1, -0.05) is 0 Å². The van der Waals surface area contributed by atoms with Crippen molar-refractivity contribution in [2.24, 2.45) is 0 Å². The van der Waals surface area contributed by atoms with Crippen LogP contribution in [0.1, 0.15) is 47.6 Å². The molecule has 178 valence electrons. The predicted molar refractivity (Wildman–Crippen MR) is 138 cm³/mol. The average Bonchev–Trinajstić information content (AvgIpc) is 3.61. The molecular formula is C26H26N6O2S.